The number of non-ortho nitro benzene ring substituents is 1. The number of carbonyl (C=O) groups excluding carboxylic acids is 1. The van der Waals surface area contributed by atoms with E-state index in [1.807, 2.05) is 0 Å². The zero-order chi connectivity index (χ0) is 18.0. The van der Waals surface area contributed by atoms with Gasteiger partial charge in [0.05, 0.1) is 19.8 Å². The van der Waals surface area contributed by atoms with Crippen molar-refractivity contribution < 1.29 is 19.6 Å². The van der Waals surface area contributed by atoms with Gasteiger partial charge >= 0.3 is 11.4 Å². The van der Waals surface area contributed by atoms with Gasteiger partial charge in [0.1, 0.15) is 5.56 Å². The highest BCUT2D eigenvalue weighted by Crippen LogP contribution is 2.33. The van der Waals surface area contributed by atoms with E-state index in [0.717, 1.165) is 36.4 Å². The van der Waals surface area contributed by atoms with E-state index in [2.05, 4.69) is 0 Å². The molecule has 0 aliphatic carbocycles. The maximum absolute atomic E-state index is 12.5. The number of carbonyl (C=O) groups is 1. The summed E-state index contributed by atoms with van der Waals surface area (Å²) in [5.74, 6) is -0.953. The van der Waals surface area contributed by atoms with E-state index in [9.17, 15) is 35.1 Å². The molecule has 0 fully saturated rings. The Kier molecular flexibility index (Phi) is 4.51. The fourth-order valence-corrected chi connectivity index (χ4v) is 2.26. The molecule has 0 amide bonds. The number of hydrogen-bond donors (Lipinski definition) is 0. The third kappa shape index (κ3) is 3.03. The Morgan fingerprint density at radius 3 is 2.04 bits per heavy atom. The van der Waals surface area contributed by atoms with Crippen LogP contribution in [0.15, 0.2) is 36.4 Å². The van der Waals surface area contributed by atoms with Crippen LogP contribution in [0.5, 0.6) is 0 Å². The van der Waals surface area contributed by atoms with Gasteiger partial charge in [-0.1, -0.05) is 17.7 Å². The molecule has 0 aromatic heterocycles. The minimum Gasteiger partial charge on any atom is -0.288 e. The van der Waals surface area contributed by atoms with Gasteiger partial charge in [0.2, 0.25) is 5.78 Å². The molecule has 0 aliphatic rings. The number of rotatable bonds is 5. The maximum atomic E-state index is 12.5. The normalized spacial score (nSPS) is 10.2. The number of hydrogen-bond acceptors (Lipinski definition) is 7. The zero-order valence-electron chi connectivity index (χ0n) is 11.5. The lowest BCUT2D eigenvalue weighted by Gasteiger charge is -2.05. The van der Waals surface area contributed by atoms with Gasteiger partial charge in [0, 0.05) is 23.8 Å². The van der Waals surface area contributed by atoms with Gasteiger partial charge in [-0.25, -0.2) is 0 Å². The van der Waals surface area contributed by atoms with Crippen molar-refractivity contribution in [1.82, 2.24) is 0 Å². The van der Waals surface area contributed by atoms with Crippen LogP contribution >= 0.6 is 11.6 Å². The van der Waals surface area contributed by atoms with Gasteiger partial charge in [0.15, 0.2) is 0 Å². The monoisotopic (exact) mass is 351 g/mol. The van der Waals surface area contributed by atoms with E-state index < -0.39 is 37.5 Å². The van der Waals surface area contributed by atoms with Crippen LogP contribution in [-0.4, -0.2) is 20.6 Å². The van der Waals surface area contributed by atoms with Crippen molar-refractivity contribution in [1.29, 1.82) is 0 Å². The van der Waals surface area contributed by atoms with Gasteiger partial charge in [-0.05, 0) is 12.1 Å². The van der Waals surface area contributed by atoms with E-state index >= 15 is 0 Å². The lowest BCUT2D eigenvalue weighted by Crippen LogP contribution is -2.08. The molecule has 0 spiro atoms. The van der Waals surface area contributed by atoms with E-state index in [-0.39, 0.29) is 16.3 Å². The van der Waals surface area contributed by atoms with Crippen LogP contribution in [0, 0.1) is 30.3 Å². The Morgan fingerprint density at radius 1 is 0.875 bits per heavy atom. The maximum Gasteiger partial charge on any atom is 0.357 e. The smallest absolute Gasteiger partial charge is 0.288 e. The van der Waals surface area contributed by atoms with Gasteiger partial charge in [-0.15, -0.1) is 0 Å². The Balaban J connectivity index is 2.63. The molecular weight excluding hydrogens is 346 g/mol. The van der Waals surface area contributed by atoms with Crippen LogP contribution in [0.25, 0.3) is 0 Å². The summed E-state index contributed by atoms with van der Waals surface area (Å²) in [6.07, 6.45) is 0. The topological polar surface area (TPSA) is 146 Å². The molecule has 0 heterocycles. The van der Waals surface area contributed by atoms with Gasteiger partial charge < -0.3 is 0 Å². The predicted molar refractivity (Wildman–Crippen MR) is 81.3 cm³/mol. The highest BCUT2D eigenvalue weighted by atomic mass is 35.5. The van der Waals surface area contributed by atoms with Crippen LogP contribution in [0.3, 0.4) is 0 Å². The summed E-state index contributed by atoms with van der Waals surface area (Å²) < 4.78 is 0. The number of nitro benzene ring substituents is 3. The molecule has 2 rings (SSSR count). The highest BCUT2D eigenvalue weighted by molar-refractivity contribution is 6.35. The van der Waals surface area contributed by atoms with Crippen molar-refractivity contribution in [3.63, 3.8) is 0 Å². The summed E-state index contributed by atoms with van der Waals surface area (Å²) in [5, 5.41) is 32.4. The van der Waals surface area contributed by atoms with E-state index in [1.165, 1.54) is 0 Å². The average Bonchev–Trinajstić information content (AvgIpc) is 2.53. The zero-order valence-corrected chi connectivity index (χ0v) is 12.3. The third-order valence-electron chi connectivity index (χ3n) is 3.05. The minimum absolute atomic E-state index is 0.245. The lowest BCUT2D eigenvalue weighted by atomic mass is 10.0. The molecule has 0 atom stereocenters. The molecule has 0 N–H and O–H groups in total. The summed E-state index contributed by atoms with van der Waals surface area (Å²) in [7, 11) is 0. The molecular formula is C13H6ClN3O7. The number of halogens is 1. The molecule has 0 saturated carbocycles. The standard InChI is InChI=1S/C13H6ClN3O7/c14-10-6-7(15(19)20)4-5-8(10)13(18)9-2-1-3-11(16(21)22)12(9)17(23)24/h1-6H. The Labute approximate surface area is 137 Å². The first-order valence-electron chi connectivity index (χ1n) is 6.14. The van der Waals surface area contributed by atoms with Crippen molar-refractivity contribution >= 4 is 34.4 Å². The quantitative estimate of drug-likeness (QED) is 0.456. The van der Waals surface area contributed by atoms with E-state index in [1.54, 1.807) is 0 Å². The molecule has 0 saturated heterocycles. The van der Waals surface area contributed by atoms with Crippen molar-refractivity contribution in [3.05, 3.63) is 82.9 Å². The number of benzene rings is 2. The van der Waals surface area contributed by atoms with Crippen molar-refractivity contribution in [2.75, 3.05) is 0 Å². The molecule has 0 unspecified atom stereocenters. The van der Waals surface area contributed by atoms with Crippen LogP contribution in [-0.2, 0) is 0 Å². The van der Waals surface area contributed by atoms with Crippen LogP contribution in [0.1, 0.15) is 15.9 Å². The molecule has 2 aromatic rings. The van der Waals surface area contributed by atoms with Crippen molar-refractivity contribution in [3.8, 4) is 0 Å². The Morgan fingerprint density at radius 2 is 1.54 bits per heavy atom. The van der Waals surface area contributed by atoms with Gasteiger partial charge in [-0.3, -0.25) is 35.1 Å². The number of nitrogens with zero attached hydrogens (tertiary/aromatic N) is 3. The Hall–Kier alpha value is -3.40. The fraction of sp³-hybridized carbons (Fsp3) is 0. The number of para-hydroxylation sites is 1. The summed E-state index contributed by atoms with van der Waals surface area (Å²) in [6.45, 7) is 0. The van der Waals surface area contributed by atoms with Gasteiger partial charge in [-0.2, -0.15) is 0 Å². The fourth-order valence-electron chi connectivity index (χ4n) is 2.00. The Bertz CT molecular complexity index is 897. The predicted octanol–water partition coefficient (Wildman–Crippen LogP) is 3.30. The largest absolute Gasteiger partial charge is 0.357 e. The van der Waals surface area contributed by atoms with Crippen LogP contribution in [0.2, 0.25) is 5.02 Å². The molecule has 0 radical (unpaired) electrons. The summed E-state index contributed by atoms with van der Waals surface area (Å²) in [6, 6.07) is 6.01. The minimum atomic E-state index is -1.04. The van der Waals surface area contributed by atoms with Crippen molar-refractivity contribution in [2.24, 2.45) is 0 Å². The lowest BCUT2D eigenvalue weighted by molar-refractivity contribution is -0.422. The molecule has 2 aromatic carbocycles. The molecule has 0 bridgehead atoms. The van der Waals surface area contributed by atoms with Gasteiger partial charge in [0.25, 0.3) is 5.69 Å². The molecule has 24 heavy (non-hydrogen) atoms. The molecule has 0 aliphatic heterocycles. The van der Waals surface area contributed by atoms with Crippen molar-refractivity contribution in [2.45, 2.75) is 0 Å². The molecule has 10 nitrogen and oxygen atoms in total. The summed E-state index contributed by atoms with van der Waals surface area (Å²) in [4.78, 5) is 42.4. The first-order chi connectivity index (χ1) is 11.2. The second-order valence-electron chi connectivity index (χ2n) is 4.44. The van der Waals surface area contributed by atoms with Crippen LogP contribution < -0.4 is 0 Å². The first-order valence-corrected chi connectivity index (χ1v) is 6.52. The second-order valence-corrected chi connectivity index (χ2v) is 4.85. The highest BCUT2D eigenvalue weighted by Gasteiger charge is 2.32. The summed E-state index contributed by atoms with van der Waals surface area (Å²) in [5.41, 5.74) is -2.97. The first kappa shape index (κ1) is 17.0. The van der Waals surface area contributed by atoms with E-state index in [0.29, 0.717) is 0 Å². The number of ketones is 1. The average molecular weight is 352 g/mol. The van der Waals surface area contributed by atoms with Crippen LogP contribution in [0.4, 0.5) is 17.1 Å². The van der Waals surface area contributed by atoms with E-state index in [4.69, 9.17) is 11.6 Å². The molecule has 11 heteroatoms. The summed E-state index contributed by atoms with van der Waals surface area (Å²) >= 11 is 5.82. The second kappa shape index (κ2) is 6.38. The third-order valence-corrected chi connectivity index (χ3v) is 3.36. The SMILES string of the molecule is O=C(c1ccc([N+](=O)[O-])cc1Cl)c1cccc([N+](=O)[O-])c1[N+](=O)[O-]. The number of nitro groups is 3. The molecule has 122 valence electrons.